The van der Waals surface area contributed by atoms with Gasteiger partial charge in [0.1, 0.15) is 17.8 Å². The van der Waals surface area contributed by atoms with Crippen LogP contribution in [0.5, 0.6) is 11.5 Å². The van der Waals surface area contributed by atoms with E-state index in [0.29, 0.717) is 5.75 Å². The highest BCUT2D eigenvalue weighted by molar-refractivity contribution is 7.98. The summed E-state index contributed by atoms with van der Waals surface area (Å²) in [4.78, 5) is 0. The number of aryl methyl sites for hydroxylation is 1. The van der Waals surface area contributed by atoms with Crippen LogP contribution in [0.3, 0.4) is 0 Å². The molecule has 0 atom stereocenters. The van der Waals surface area contributed by atoms with Gasteiger partial charge in [0.25, 0.3) is 0 Å². The fourth-order valence-electron chi connectivity index (χ4n) is 2.37. The standard InChI is InChI=1S/C18H18ClN3O2S/c1-12-4-5-14(9-16(12)19)22-11-20-21-18(22)25-10-13-8-15(23-2)6-7-17(13)24-3/h4-9,11H,10H2,1-3H3. The van der Waals surface area contributed by atoms with Gasteiger partial charge in [-0.25, -0.2) is 0 Å². The first-order valence-electron chi connectivity index (χ1n) is 7.62. The third-order valence-corrected chi connectivity index (χ3v) is 5.19. The molecule has 0 aliphatic carbocycles. The average molecular weight is 376 g/mol. The number of halogens is 1. The molecule has 0 amide bonds. The summed E-state index contributed by atoms with van der Waals surface area (Å²) in [6, 6.07) is 11.6. The van der Waals surface area contributed by atoms with Crippen molar-refractivity contribution in [2.45, 2.75) is 17.8 Å². The fourth-order valence-corrected chi connectivity index (χ4v) is 3.45. The summed E-state index contributed by atoms with van der Waals surface area (Å²) < 4.78 is 12.6. The molecule has 1 aromatic heterocycles. The maximum Gasteiger partial charge on any atom is 0.195 e. The van der Waals surface area contributed by atoms with Crippen LogP contribution in [-0.2, 0) is 5.75 Å². The zero-order valence-electron chi connectivity index (χ0n) is 14.2. The third kappa shape index (κ3) is 3.91. The Morgan fingerprint density at radius 3 is 2.68 bits per heavy atom. The van der Waals surface area contributed by atoms with Crippen molar-refractivity contribution >= 4 is 23.4 Å². The molecule has 3 rings (SSSR count). The molecule has 0 aliphatic heterocycles. The molecular formula is C18H18ClN3O2S. The van der Waals surface area contributed by atoms with Gasteiger partial charge in [0.05, 0.1) is 19.9 Å². The first-order chi connectivity index (χ1) is 12.1. The molecule has 2 aromatic carbocycles. The van der Waals surface area contributed by atoms with Crippen LogP contribution in [0.2, 0.25) is 5.02 Å². The van der Waals surface area contributed by atoms with E-state index in [9.17, 15) is 0 Å². The summed E-state index contributed by atoms with van der Waals surface area (Å²) in [5.74, 6) is 2.29. The molecule has 5 nitrogen and oxygen atoms in total. The van der Waals surface area contributed by atoms with Crippen LogP contribution < -0.4 is 9.47 Å². The van der Waals surface area contributed by atoms with E-state index in [2.05, 4.69) is 10.2 Å². The largest absolute Gasteiger partial charge is 0.497 e. The minimum atomic E-state index is 0.679. The monoisotopic (exact) mass is 375 g/mol. The molecule has 0 fully saturated rings. The lowest BCUT2D eigenvalue weighted by atomic mass is 10.2. The van der Waals surface area contributed by atoms with Crippen molar-refractivity contribution in [3.8, 4) is 17.2 Å². The summed E-state index contributed by atoms with van der Waals surface area (Å²) >= 11 is 7.81. The third-order valence-electron chi connectivity index (χ3n) is 3.79. The maximum absolute atomic E-state index is 6.24. The lowest BCUT2D eigenvalue weighted by molar-refractivity contribution is 0.400. The van der Waals surface area contributed by atoms with Crippen LogP contribution in [0.15, 0.2) is 47.9 Å². The summed E-state index contributed by atoms with van der Waals surface area (Å²) in [5, 5.41) is 9.75. The van der Waals surface area contributed by atoms with E-state index < -0.39 is 0 Å². The number of ether oxygens (including phenoxy) is 2. The normalized spacial score (nSPS) is 10.7. The number of hydrogen-bond donors (Lipinski definition) is 0. The zero-order valence-corrected chi connectivity index (χ0v) is 15.8. The van der Waals surface area contributed by atoms with Crippen molar-refractivity contribution in [1.29, 1.82) is 0 Å². The molecule has 0 bridgehead atoms. The van der Waals surface area contributed by atoms with Gasteiger partial charge in [-0.05, 0) is 42.8 Å². The maximum atomic E-state index is 6.24. The topological polar surface area (TPSA) is 49.2 Å². The van der Waals surface area contributed by atoms with Crippen molar-refractivity contribution in [2.24, 2.45) is 0 Å². The van der Waals surface area contributed by atoms with Crippen LogP contribution >= 0.6 is 23.4 Å². The van der Waals surface area contributed by atoms with Gasteiger partial charge in [0.15, 0.2) is 5.16 Å². The lowest BCUT2D eigenvalue weighted by Gasteiger charge is -2.11. The van der Waals surface area contributed by atoms with E-state index in [1.165, 1.54) is 0 Å². The second-order valence-corrected chi connectivity index (χ2v) is 6.73. The van der Waals surface area contributed by atoms with Gasteiger partial charge < -0.3 is 9.47 Å². The Morgan fingerprint density at radius 2 is 1.96 bits per heavy atom. The number of nitrogens with zero attached hydrogens (tertiary/aromatic N) is 3. The SMILES string of the molecule is COc1ccc(OC)c(CSc2nncn2-c2ccc(C)c(Cl)c2)c1. The molecule has 0 radical (unpaired) electrons. The molecule has 130 valence electrons. The number of rotatable bonds is 6. The number of hydrogen-bond acceptors (Lipinski definition) is 5. The van der Waals surface area contributed by atoms with E-state index in [4.69, 9.17) is 21.1 Å². The molecule has 1 heterocycles. The van der Waals surface area contributed by atoms with Crippen LogP contribution in [-0.4, -0.2) is 29.0 Å². The predicted octanol–water partition coefficient (Wildman–Crippen LogP) is 4.54. The molecular weight excluding hydrogens is 358 g/mol. The van der Waals surface area contributed by atoms with Crippen molar-refractivity contribution in [2.75, 3.05) is 14.2 Å². The number of methoxy groups -OCH3 is 2. The summed E-state index contributed by atoms with van der Waals surface area (Å²) in [7, 11) is 3.31. The van der Waals surface area contributed by atoms with E-state index in [0.717, 1.165) is 38.5 Å². The average Bonchev–Trinajstić information content (AvgIpc) is 3.10. The quantitative estimate of drug-likeness (QED) is 0.592. The molecule has 0 spiro atoms. The Labute approximate surface area is 155 Å². The molecule has 0 N–H and O–H groups in total. The Bertz CT molecular complexity index is 883. The van der Waals surface area contributed by atoms with Gasteiger partial charge in [-0.2, -0.15) is 0 Å². The number of thioether (sulfide) groups is 1. The van der Waals surface area contributed by atoms with Crippen LogP contribution in [0.25, 0.3) is 5.69 Å². The fraction of sp³-hybridized carbons (Fsp3) is 0.222. The highest BCUT2D eigenvalue weighted by Gasteiger charge is 2.11. The highest BCUT2D eigenvalue weighted by Crippen LogP contribution is 2.31. The molecule has 0 unspecified atom stereocenters. The van der Waals surface area contributed by atoms with E-state index >= 15 is 0 Å². The Hall–Kier alpha value is -2.18. The Morgan fingerprint density at radius 1 is 1.12 bits per heavy atom. The minimum absolute atomic E-state index is 0.679. The summed E-state index contributed by atoms with van der Waals surface area (Å²) in [6.45, 7) is 1.98. The van der Waals surface area contributed by atoms with Crippen molar-refractivity contribution in [3.63, 3.8) is 0 Å². The second kappa shape index (κ2) is 7.80. The van der Waals surface area contributed by atoms with E-state index in [1.54, 1.807) is 32.3 Å². The molecule has 0 saturated carbocycles. The highest BCUT2D eigenvalue weighted by atomic mass is 35.5. The van der Waals surface area contributed by atoms with Gasteiger partial charge in [0, 0.05) is 16.3 Å². The number of aromatic nitrogens is 3. The molecule has 7 heteroatoms. The van der Waals surface area contributed by atoms with Gasteiger partial charge in [-0.15, -0.1) is 10.2 Å². The van der Waals surface area contributed by atoms with Gasteiger partial charge in [-0.1, -0.05) is 29.4 Å². The minimum Gasteiger partial charge on any atom is -0.497 e. The second-order valence-electron chi connectivity index (χ2n) is 5.38. The predicted molar refractivity (Wildman–Crippen MR) is 100 cm³/mol. The Balaban J connectivity index is 1.84. The van der Waals surface area contributed by atoms with Gasteiger partial charge in [0.2, 0.25) is 0 Å². The van der Waals surface area contributed by atoms with Gasteiger partial charge in [-0.3, -0.25) is 4.57 Å². The number of benzene rings is 2. The van der Waals surface area contributed by atoms with E-state index in [-0.39, 0.29) is 0 Å². The van der Waals surface area contributed by atoms with E-state index in [1.807, 2.05) is 47.9 Å². The van der Waals surface area contributed by atoms with Crippen LogP contribution in [0, 0.1) is 6.92 Å². The zero-order chi connectivity index (χ0) is 17.8. The lowest BCUT2D eigenvalue weighted by Crippen LogP contribution is -1.97. The summed E-state index contributed by atoms with van der Waals surface area (Å²) in [6.07, 6.45) is 1.69. The van der Waals surface area contributed by atoms with Crippen molar-refractivity contribution in [1.82, 2.24) is 14.8 Å². The molecule has 0 aliphatic rings. The first-order valence-corrected chi connectivity index (χ1v) is 8.99. The molecule has 0 saturated heterocycles. The Kier molecular flexibility index (Phi) is 5.50. The first kappa shape index (κ1) is 17.6. The van der Waals surface area contributed by atoms with Crippen LogP contribution in [0.4, 0.5) is 0 Å². The van der Waals surface area contributed by atoms with Crippen molar-refractivity contribution < 1.29 is 9.47 Å². The smallest absolute Gasteiger partial charge is 0.195 e. The van der Waals surface area contributed by atoms with Crippen molar-refractivity contribution in [3.05, 3.63) is 58.9 Å². The molecule has 3 aromatic rings. The summed E-state index contributed by atoms with van der Waals surface area (Å²) in [5.41, 5.74) is 3.00. The molecule has 25 heavy (non-hydrogen) atoms. The van der Waals surface area contributed by atoms with Crippen LogP contribution in [0.1, 0.15) is 11.1 Å². The van der Waals surface area contributed by atoms with Gasteiger partial charge >= 0.3 is 0 Å².